The maximum atomic E-state index is 14.6. The summed E-state index contributed by atoms with van der Waals surface area (Å²) in [6, 6.07) is 29.7. The van der Waals surface area contributed by atoms with Gasteiger partial charge in [0.1, 0.15) is 43.4 Å². The predicted octanol–water partition coefficient (Wildman–Crippen LogP) is 4.77. The number of carbonyl (C=O) groups is 7. The van der Waals surface area contributed by atoms with Crippen molar-refractivity contribution in [2.24, 2.45) is 11.8 Å². The van der Waals surface area contributed by atoms with Crippen molar-refractivity contribution in [1.29, 1.82) is 0 Å². The summed E-state index contributed by atoms with van der Waals surface area (Å²) in [6.07, 6.45) is 3.00. The highest BCUT2D eigenvalue weighted by molar-refractivity contribution is 5.99. The summed E-state index contributed by atoms with van der Waals surface area (Å²) in [6.45, 7) is 17.5. The van der Waals surface area contributed by atoms with Crippen molar-refractivity contribution in [1.82, 2.24) is 52.3 Å². The number of ether oxygens (including phenoxy) is 5. The number of quaternary nitrogens is 1. The number of ketones is 1. The van der Waals surface area contributed by atoms with Gasteiger partial charge in [-0.15, -0.1) is 20.4 Å². The molecule has 5 aromatic rings. The molecule has 3 heterocycles. The first kappa shape index (κ1) is 71.5. The lowest BCUT2D eigenvalue weighted by molar-refractivity contribution is -0.940. The number of rotatable bonds is 40. The minimum absolute atomic E-state index is 0.0496. The monoisotopic (exact) mass is 1270 g/mol. The van der Waals surface area contributed by atoms with Crippen LogP contribution in [-0.4, -0.2) is 188 Å². The number of Topliss-reactive ketones (excluding diaryl/α,β-unsaturated/α-hetero) is 1. The van der Waals surface area contributed by atoms with Gasteiger partial charge >= 0.3 is 0 Å². The second-order valence-electron chi connectivity index (χ2n) is 24.9. The summed E-state index contributed by atoms with van der Waals surface area (Å²) in [5, 5.41) is 33.7. The normalized spacial score (nSPS) is 16.3. The molecule has 6 N–H and O–H groups in total. The van der Waals surface area contributed by atoms with Gasteiger partial charge in [0.15, 0.2) is 18.2 Å². The molecule has 0 saturated carbocycles. The molecule has 0 aliphatic carbocycles. The van der Waals surface area contributed by atoms with Gasteiger partial charge in [0.05, 0.1) is 58.7 Å². The molecule has 4 aromatic carbocycles. The molecule has 2 saturated heterocycles. The molecule has 23 nitrogen and oxygen atoms in total. The number of benzene rings is 4. The Morgan fingerprint density at radius 3 is 1.68 bits per heavy atom. The highest BCUT2D eigenvalue weighted by atomic mass is 16.6. The van der Waals surface area contributed by atoms with E-state index in [-0.39, 0.29) is 74.2 Å². The molecule has 0 bridgehead atoms. The Balaban J connectivity index is 0.832. The van der Waals surface area contributed by atoms with Crippen molar-refractivity contribution in [3.05, 3.63) is 143 Å². The molecule has 496 valence electrons. The molecule has 2 aliphatic heterocycles. The zero-order valence-corrected chi connectivity index (χ0v) is 54.3. The number of nitrogens with zero attached hydrogens (tertiary/aromatic N) is 5. The summed E-state index contributed by atoms with van der Waals surface area (Å²) in [4.78, 5) is 97.0. The number of carbonyl (C=O) groups excluding carboxylic acids is 7. The summed E-state index contributed by atoms with van der Waals surface area (Å²) >= 11 is 0. The number of aryl methyl sites for hydroxylation is 2. The minimum atomic E-state index is -1.09. The van der Waals surface area contributed by atoms with Crippen molar-refractivity contribution >= 4 is 41.2 Å². The van der Waals surface area contributed by atoms with E-state index in [0.29, 0.717) is 133 Å². The fraction of sp³-hybridized carbons (Fsp3) is 0.522. The van der Waals surface area contributed by atoms with E-state index in [1.807, 2.05) is 125 Å². The number of morpholine rings is 1. The Hall–Kier alpha value is -7.93. The van der Waals surface area contributed by atoms with Gasteiger partial charge in [-0.25, -0.2) is 0 Å². The molecule has 92 heavy (non-hydrogen) atoms. The molecule has 7 rings (SSSR count). The van der Waals surface area contributed by atoms with Crippen LogP contribution in [-0.2, 0) is 78.3 Å². The third-order valence-corrected chi connectivity index (χ3v) is 16.0. The van der Waals surface area contributed by atoms with Crippen LogP contribution in [0.5, 0.6) is 0 Å². The Labute approximate surface area is 540 Å². The van der Waals surface area contributed by atoms with E-state index in [1.165, 1.54) is 0 Å². The number of hydrogen-bond acceptors (Lipinski definition) is 16. The highest BCUT2D eigenvalue weighted by Gasteiger charge is 2.50. The van der Waals surface area contributed by atoms with Crippen LogP contribution in [0.15, 0.2) is 109 Å². The zero-order chi connectivity index (χ0) is 65.7. The molecule has 5 atom stereocenters. The molecular weight excluding hydrogens is 1170 g/mol. The highest BCUT2D eigenvalue weighted by Crippen LogP contribution is 2.30. The Bertz CT molecular complexity index is 3110. The van der Waals surface area contributed by atoms with Crippen LogP contribution in [0.25, 0.3) is 11.4 Å². The number of epoxide rings is 1. The number of amides is 6. The van der Waals surface area contributed by atoms with Gasteiger partial charge in [-0.2, -0.15) is 0 Å². The molecule has 23 heteroatoms. The van der Waals surface area contributed by atoms with E-state index in [4.69, 9.17) is 23.7 Å². The summed E-state index contributed by atoms with van der Waals surface area (Å²) in [7, 11) is 0. The van der Waals surface area contributed by atoms with Gasteiger partial charge in [-0.1, -0.05) is 125 Å². The van der Waals surface area contributed by atoms with Crippen molar-refractivity contribution in [2.45, 2.75) is 129 Å². The quantitative estimate of drug-likeness (QED) is 0.0175. The molecule has 2 fully saturated rings. The van der Waals surface area contributed by atoms with Gasteiger partial charge in [-0.05, 0) is 93.0 Å². The smallest absolute Gasteiger partial charge is 0.275 e. The molecule has 1 unspecified atom stereocenters. The van der Waals surface area contributed by atoms with E-state index in [2.05, 4.69) is 52.3 Å². The van der Waals surface area contributed by atoms with Gasteiger partial charge in [0, 0.05) is 49.4 Å². The lowest BCUT2D eigenvalue weighted by Crippen LogP contribution is -2.61. The van der Waals surface area contributed by atoms with Gasteiger partial charge in [0.2, 0.25) is 29.5 Å². The van der Waals surface area contributed by atoms with Crippen LogP contribution < -0.4 is 31.9 Å². The maximum absolute atomic E-state index is 14.6. The Kier molecular flexibility index (Phi) is 28.7. The zero-order valence-electron chi connectivity index (χ0n) is 54.3. The maximum Gasteiger partial charge on any atom is 0.275 e. The van der Waals surface area contributed by atoms with E-state index in [9.17, 15) is 33.6 Å². The van der Waals surface area contributed by atoms with Crippen LogP contribution in [0, 0.1) is 18.8 Å². The molecule has 0 radical (unpaired) electrons. The fourth-order valence-corrected chi connectivity index (χ4v) is 10.8. The first-order valence-electron chi connectivity index (χ1n) is 32.3. The SMILES string of the molecule is Cc1nnc(-c2ccc(CC(=O)NCCCOCCOCCOCCCNC(=O)c3ccc(C[N+]4(CC(=O)NC(CCc5ccccc5)C(=O)N[C@@H](CC(C)C)C(=O)N[C@@H](Cc5ccccc5)C(=O)N[C@@H](CC(C)C)C(=O)[C@@]5(C)CO5)CCOCC4)cc3)cc2)nn1. The van der Waals surface area contributed by atoms with E-state index in [0.717, 1.165) is 27.8 Å². The van der Waals surface area contributed by atoms with Crippen molar-refractivity contribution in [3.63, 3.8) is 0 Å². The van der Waals surface area contributed by atoms with Crippen LogP contribution in [0.2, 0.25) is 0 Å². The van der Waals surface area contributed by atoms with Crippen LogP contribution in [0.4, 0.5) is 0 Å². The molecule has 1 aromatic heterocycles. The Morgan fingerprint density at radius 1 is 0.565 bits per heavy atom. The van der Waals surface area contributed by atoms with Gasteiger partial charge < -0.3 is 60.1 Å². The topological polar surface area (TPSA) is 293 Å². The summed E-state index contributed by atoms with van der Waals surface area (Å²) in [5.74, 6) is -1.52. The Morgan fingerprint density at radius 2 is 1.09 bits per heavy atom. The van der Waals surface area contributed by atoms with E-state index in [1.54, 1.807) is 26.0 Å². The average Bonchev–Trinajstić information content (AvgIpc) is 1.67. The fourth-order valence-electron chi connectivity index (χ4n) is 10.8. The van der Waals surface area contributed by atoms with Crippen LogP contribution in [0.1, 0.15) is 105 Å². The average molecular weight is 1270 g/mol. The van der Waals surface area contributed by atoms with Gasteiger partial charge in [0.25, 0.3) is 11.8 Å². The molecule has 0 spiro atoms. The van der Waals surface area contributed by atoms with Crippen molar-refractivity contribution in [2.75, 3.05) is 92.2 Å². The predicted molar refractivity (Wildman–Crippen MR) is 345 cm³/mol. The third kappa shape index (κ3) is 24.6. The second kappa shape index (κ2) is 36.9. The second-order valence-corrected chi connectivity index (χ2v) is 24.9. The van der Waals surface area contributed by atoms with Crippen LogP contribution in [0.3, 0.4) is 0 Å². The summed E-state index contributed by atoms with van der Waals surface area (Å²) < 4.78 is 28.6. The number of aromatic nitrogens is 4. The third-order valence-electron chi connectivity index (χ3n) is 16.0. The van der Waals surface area contributed by atoms with Crippen molar-refractivity contribution < 1.29 is 61.7 Å². The lowest BCUT2D eigenvalue weighted by Gasteiger charge is -2.41. The lowest BCUT2D eigenvalue weighted by atomic mass is 9.93. The first-order valence-corrected chi connectivity index (χ1v) is 32.3. The van der Waals surface area contributed by atoms with Gasteiger partial charge in [-0.3, -0.25) is 33.6 Å². The number of hydrogen-bond donors (Lipinski definition) is 6. The standard InChI is InChI=1S/C69H93N11O12/c1-48(2)41-58(63(83)69(6)47-92-69)73-68(87)60(43-52-17-11-8-12-18-52)75-67(86)59(42-49(3)4)74-66(85)57(28-23-51-15-9-7-10-16-51)72-62(82)46-80(31-35-90-36-32-80)45-54-21-26-56(27-22-54)65(84)71-30-14-34-89-38-40-91-39-37-88-33-13-29-70-61(81)44-53-19-24-55(25-20-53)64-78-76-50(5)77-79-64/h7-12,15-22,24-27,48-49,57-60H,13-14,23,28-47H2,1-6H3,(H5-,70,71,72,73,74,75,81,82,84,85,86,87)/p+1/t57?,58-,59-,60-,69+/m0/s1. The summed E-state index contributed by atoms with van der Waals surface area (Å²) in [5.41, 5.74) is 3.86. The molecule has 2 aliphatic rings. The molecule has 6 amide bonds. The number of nitrogens with one attached hydrogen (secondary N) is 6. The first-order chi connectivity index (χ1) is 44.4. The minimum Gasteiger partial charge on any atom is -0.379 e. The largest absolute Gasteiger partial charge is 0.379 e. The van der Waals surface area contributed by atoms with E-state index >= 15 is 0 Å². The van der Waals surface area contributed by atoms with Crippen molar-refractivity contribution in [3.8, 4) is 11.4 Å². The van der Waals surface area contributed by atoms with E-state index < -0.39 is 47.5 Å². The molecular formula is C69H94N11O12+. The van der Waals surface area contributed by atoms with Crippen LogP contribution >= 0.6 is 0 Å².